The summed E-state index contributed by atoms with van der Waals surface area (Å²) in [5.41, 5.74) is 1.67. The fourth-order valence-electron chi connectivity index (χ4n) is 2.73. The van der Waals surface area contributed by atoms with Crippen molar-refractivity contribution in [3.63, 3.8) is 0 Å². The molecule has 0 N–H and O–H groups in total. The molecule has 0 aliphatic heterocycles. The summed E-state index contributed by atoms with van der Waals surface area (Å²) >= 11 is 0. The van der Waals surface area contributed by atoms with E-state index in [1.807, 2.05) is 36.9 Å². The van der Waals surface area contributed by atoms with E-state index in [4.69, 9.17) is 9.47 Å². The van der Waals surface area contributed by atoms with Crippen molar-refractivity contribution < 1.29 is 19.1 Å². The van der Waals surface area contributed by atoms with Crippen LogP contribution in [-0.2, 0) is 31.9 Å². The predicted molar refractivity (Wildman–Crippen MR) is 101 cm³/mol. The molecule has 0 saturated heterocycles. The molecule has 0 saturated carbocycles. The third-order valence-corrected chi connectivity index (χ3v) is 3.95. The minimum atomic E-state index is -0.262. The highest BCUT2D eigenvalue weighted by atomic mass is 16.5. The van der Waals surface area contributed by atoms with Crippen molar-refractivity contribution in [1.82, 2.24) is 19.1 Å². The van der Waals surface area contributed by atoms with Crippen molar-refractivity contribution in [2.24, 2.45) is 0 Å². The second-order valence-corrected chi connectivity index (χ2v) is 6.05. The van der Waals surface area contributed by atoms with E-state index in [0.717, 1.165) is 11.1 Å². The Bertz CT molecular complexity index is 887. The molecule has 28 heavy (non-hydrogen) atoms. The number of carbonyl (C=O) groups is 2. The van der Waals surface area contributed by atoms with Gasteiger partial charge in [0.15, 0.2) is 11.6 Å². The Balaban J connectivity index is 1.74. The monoisotopic (exact) mass is 382 g/mol. The van der Waals surface area contributed by atoms with Crippen molar-refractivity contribution >= 4 is 11.9 Å². The first kappa shape index (κ1) is 19.3. The number of nitrogens with zero attached hydrogens (tertiary/aromatic N) is 4. The molecule has 8 nitrogen and oxygen atoms in total. The number of rotatable bonds is 8. The molecular weight excluding hydrogens is 360 g/mol. The van der Waals surface area contributed by atoms with Gasteiger partial charge in [-0.1, -0.05) is 0 Å². The highest BCUT2D eigenvalue weighted by Gasteiger charge is 2.10. The molecule has 3 aromatic heterocycles. The van der Waals surface area contributed by atoms with Crippen LogP contribution in [0.2, 0.25) is 0 Å². The van der Waals surface area contributed by atoms with Gasteiger partial charge in [0.25, 0.3) is 0 Å². The van der Waals surface area contributed by atoms with Crippen LogP contribution in [0.3, 0.4) is 0 Å². The average molecular weight is 382 g/mol. The molecular formula is C20H22N4O4. The smallest absolute Gasteiger partial charge is 0.310 e. The van der Waals surface area contributed by atoms with Crippen molar-refractivity contribution in [3.8, 4) is 11.6 Å². The molecule has 0 aliphatic carbocycles. The highest BCUT2D eigenvalue weighted by molar-refractivity contribution is 5.72. The Labute approximate surface area is 162 Å². The molecule has 146 valence electrons. The zero-order valence-electron chi connectivity index (χ0n) is 15.9. The molecule has 0 spiro atoms. The summed E-state index contributed by atoms with van der Waals surface area (Å²) in [6, 6.07) is 3.69. The van der Waals surface area contributed by atoms with Crippen LogP contribution in [-0.4, -0.2) is 44.3 Å². The average Bonchev–Trinajstić information content (AvgIpc) is 3.32. The summed E-state index contributed by atoms with van der Waals surface area (Å²) in [5.74, 6) is 0.713. The van der Waals surface area contributed by atoms with Gasteiger partial charge in [0.2, 0.25) is 0 Å². The topological polar surface area (TPSA) is 88.2 Å². The van der Waals surface area contributed by atoms with Gasteiger partial charge in [-0.15, -0.1) is 0 Å². The van der Waals surface area contributed by atoms with E-state index in [2.05, 4.69) is 9.97 Å². The summed E-state index contributed by atoms with van der Waals surface area (Å²) in [5, 5.41) is 0. The van der Waals surface area contributed by atoms with Gasteiger partial charge in [-0.2, -0.15) is 0 Å². The van der Waals surface area contributed by atoms with Gasteiger partial charge in [-0.25, -0.2) is 4.98 Å². The van der Waals surface area contributed by atoms with Crippen LogP contribution in [0.15, 0.2) is 49.3 Å². The summed E-state index contributed by atoms with van der Waals surface area (Å²) in [6.07, 6.45) is 11.0. The molecule has 0 aromatic carbocycles. The fraction of sp³-hybridized carbons (Fsp3) is 0.300. The first-order valence-electron chi connectivity index (χ1n) is 9.06. The lowest BCUT2D eigenvalue weighted by Gasteiger charge is -2.06. The number of carbonyl (C=O) groups excluding carboxylic acids is 2. The predicted octanol–water partition coefficient (Wildman–Crippen LogP) is 2.27. The Morgan fingerprint density at radius 1 is 0.857 bits per heavy atom. The lowest BCUT2D eigenvalue weighted by atomic mass is 10.2. The lowest BCUT2D eigenvalue weighted by Crippen LogP contribution is -2.07. The van der Waals surface area contributed by atoms with Gasteiger partial charge in [-0.05, 0) is 37.1 Å². The molecule has 3 aromatic rings. The molecule has 0 fully saturated rings. The minimum absolute atomic E-state index is 0.211. The first-order valence-corrected chi connectivity index (χ1v) is 9.06. The fourth-order valence-corrected chi connectivity index (χ4v) is 2.73. The molecule has 0 atom stereocenters. The van der Waals surface area contributed by atoms with E-state index in [1.54, 1.807) is 35.4 Å². The van der Waals surface area contributed by atoms with Crippen LogP contribution in [0, 0.1) is 0 Å². The first-order chi connectivity index (χ1) is 13.6. The van der Waals surface area contributed by atoms with Crippen LogP contribution in [0.5, 0.6) is 0 Å². The van der Waals surface area contributed by atoms with Crippen LogP contribution in [0.25, 0.3) is 11.6 Å². The second kappa shape index (κ2) is 8.98. The van der Waals surface area contributed by atoms with Gasteiger partial charge in [-0.3, -0.25) is 14.6 Å². The Hall–Kier alpha value is -3.42. The maximum Gasteiger partial charge on any atom is 0.310 e. The van der Waals surface area contributed by atoms with E-state index in [1.165, 1.54) is 0 Å². The van der Waals surface area contributed by atoms with E-state index in [-0.39, 0.29) is 24.8 Å². The van der Waals surface area contributed by atoms with Gasteiger partial charge >= 0.3 is 11.9 Å². The quantitative estimate of drug-likeness (QED) is 0.556. The number of aromatic nitrogens is 4. The normalized spacial score (nSPS) is 10.6. The summed E-state index contributed by atoms with van der Waals surface area (Å²) < 4.78 is 13.5. The molecule has 0 radical (unpaired) electrons. The van der Waals surface area contributed by atoms with Gasteiger partial charge in [0.1, 0.15) is 0 Å². The molecule has 8 heteroatoms. The SMILES string of the molecule is CCOC(=O)Cc1ccn(-c2cncc(-n3ccc(CC(=O)OCC)c3)n2)c1. The van der Waals surface area contributed by atoms with Crippen LogP contribution < -0.4 is 0 Å². The standard InChI is InChI=1S/C20H22N4O4/c1-3-27-19(25)9-15-5-7-23(13-15)17-11-21-12-18(22-17)24-8-6-16(14-24)10-20(26)28-4-2/h5-8,11-14H,3-4,9-10H2,1-2H3. The van der Waals surface area contributed by atoms with Crippen molar-refractivity contribution in [3.05, 3.63) is 60.4 Å². The largest absolute Gasteiger partial charge is 0.466 e. The summed E-state index contributed by atoms with van der Waals surface area (Å²) in [6.45, 7) is 4.29. The lowest BCUT2D eigenvalue weighted by molar-refractivity contribution is -0.143. The maximum atomic E-state index is 11.6. The van der Waals surface area contributed by atoms with Gasteiger partial charge in [0, 0.05) is 24.8 Å². The van der Waals surface area contributed by atoms with Crippen LogP contribution in [0.4, 0.5) is 0 Å². The number of hydrogen-bond acceptors (Lipinski definition) is 6. The van der Waals surface area contributed by atoms with Gasteiger partial charge in [0.05, 0.1) is 38.4 Å². The summed E-state index contributed by atoms with van der Waals surface area (Å²) in [7, 11) is 0. The number of esters is 2. The molecule has 0 bridgehead atoms. The zero-order chi connectivity index (χ0) is 19.9. The zero-order valence-corrected chi connectivity index (χ0v) is 15.9. The van der Waals surface area contributed by atoms with E-state index in [9.17, 15) is 9.59 Å². The van der Waals surface area contributed by atoms with Crippen molar-refractivity contribution in [2.45, 2.75) is 26.7 Å². The Morgan fingerprint density at radius 3 is 1.75 bits per heavy atom. The number of hydrogen-bond donors (Lipinski definition) is 0. The third-order valence-electron chi connectivity index (χ3n) is 3.95. The van der Waals surface area contributed by atoms with Gasteiger partial charge < -0.3 is 18.6 Å². The van der Waals surface area contributed by atoms with E-state index in [0.29, 0.717) is 24.8 Å². The Kier molecular flexibility index (Phi) is 6.21. The molecule has 0 unspecified atom stereocenters. The van der Waals surface area contributed by atoms with E-state index >= 15 is 0 Å². The second-order valence-electron chi connectivity index (χ2n) is 6.05. The molecule has 3 heterocycles. The number of ether oxygens (including phenoxy) is 2. The molecule has 3 rings (SSSR count). The van der Waals surface area contributed by atoms with Crippen molar-refractivity contribution in [2.75, 3.05) is 13.2 Å². The molecule has 0 amide bonds. The third kappa shape index (κ3) is 4.85. The minimum Gasteiger partial charge on any atom is -0.466 e. The Morgan fingerprint density at radius 2 is 1.32 bits per heavy atom. The molecule has 0 aliphatic rings. The van der Waals surface area contributed by atoms with Crippen molar-refractivity contribution in [1.29, 1.82) is 0 Å². The maximum absolute atomic E-state index is 11.6. The van der Waals surface area contributed by atoms with Crippen LogP contribution in [0.1, 0.15) is 25.0 Å². The van der Waals surface area contributed by atoms with E-state index < -0.39 is 0 Å². The van der Waals surface area contributed by atoms with Crippen LogP contribution >= 0.6 is 0 Å². The highest BCUT2D eigenvalue weighted by Crippen LogP contribution is 2.13. The summed E-state index contributed by atoms with van der Waals surface area (Å²) in [4.78, 5) is 32.1.